The summed E-state index contributed by atoms with van der Waals surface area (Å²) in [7, 11) is 1.52. The van der Waals surface area contributed by atoms with E-state index < -0.39 is 6.04 Å². The molecule has 0 fully saturated rings. The van der Waals surface area contributed by atoms with Crippen molar-refractivity contribution in [2.45, 2.75) is 17.9 Å². The molecular weight excluding hydrogens is 304 g/mol. The fraction of sp³-hybridized carbons (Fsp3) is 0.273. The molecule has 1 rings (SSSR count). The number of carbonyl (C=O) groups is 2. The third kappa shape index (κ3) is 3.74. The summed E-state index contributed by atoms with van der Waals surface area (Å²) in [4.78, 5) is 23.7. The summed E-state index contributed by atoms with van der Waals surface area (Å²) in [6.45, 7) is 1.62. The first-order valence-corrected chi connectivity index (χ1v) is 6.20. The van der Waals surface area contributed by atoms with Gasteiger partial charge in [-0.3, -0.25) is 9.59 Å². The number of hydrogen-bond acceptors (Lipinski definition) is 3. The molecule has 0 aliphatic heterocycles. The van der Waals surface area contributed by atoms with Crippen LogP contribution in [0.1, 0.15) is 17.3 Å². The van der Waals surface area contributed by atoms with Crippen LogP contribution in [0.2, 0.25) is 0 Å². The largest absolute Gasteiger partial charge is 0.357 e. The van der Waals surface area contributed by atoms with Crippen molar-refractivity contribution in [2.24, 2.45) is 0 Å². The van der Waals surface area contributed by atoms with Crippen LogP contribution in [0, 0.1) is 0 Å². The third-order valence-electron chi connectivity index (χ3n) is 2.19. The first-order chi connectivity index (χ1) is 7.95. The smallest absolute Gasteiger partial charge is 0.253 e. The van der Waals surface area contributed by atoms with E-state index in [1.807, 2.05) is 0 Å². The summed E-state index contributed by atoms with van der Waals surface area (Å²) >= 11 is 7.50. The summed E-state index contributed by atoms with van der Waals surface area (Å²) in [6, 6.07) is 4.55. The minimum atomic E-state index is -0.580. The molecule has 0 heterocycles. The summed E-state index contributed by atoms with van der Waals surface area (Å²) in [6.07, 6.45) is 0. The van der Waals surface area contributed by atoms with E-state index in [-0.39, 0.29) is 11.8 Å². The molecule has 0 saturated carbocycles. The van der Waals surface area contributed by atoms with Crippen molar-refractivity contribution in [1.29, 1.82) is 0 Å². The molecule has 2 amide bonds. The highest BCUT2D eigenvalue weighted by atomic mass is 79.9. The second-order valence-electron chi connectivity index (χ2n) is 3.47. The van der Waals surface area contributed by atoms with Crippen LogP contribution in [0.15, 0.2) is 27.6 Å². The molecule has 1 aromatic rings. The van der Waals surface area contributed by atoms with Crippen LogP contribution in [0.3, 0.4) is 0 Å². The standard InChI is InChI=1S/C11H13BrN2O2S/c1-6(10(15)13-2)14-11(16)8-4-3-7(12)5-9(8)17/h3-6,17H,1-2H3,(H,13,15)(H,14,16). The van der Waals surface area contributed by atoms with Gasteiger partial charge in [0.25, 0.3) is 5.91 Å². The zero-order valence-electron chi connectivity index (χ0n) is 9.45. The fourth-order valence-corrected chi connectivity index (χ4v) is 2.11. The summed E-state index contributed by atoms with van der Waals surface area (Å²) in [5.41, 5.74) is 0.437. The molecule has 0 aliphatic rings. The average Bonchev–Trinajstić information content (AvgIpc) is 2.27. The van der Waals surface area contributed by atoms with Gasteiger partial charge in [-0.15, -0.1) is 12.6 Å². The average molecular weight is 317 g/mol. The van der Waals surface area contributed by atoms with E-state index in [0.29, 0.717) is 10.5 Å². The Morgan fingerprint density at radius 2 is 2.06 bits per heavy atom. The molecular formula is C11H13BrN2O2S. The maximum Gasteiger partial charge on any atom is 0.253 e. The molecule has 0 aliphatic carbocycles. The van der Waals surface area contributed by atoms with Crippen LogP contribution >= 0.6 is 28.6 Å². The lowest BCUT2D eigenvalue weighted by atomic mass is 10.2. The molecule has 0 bridgehead atoms. The summed E-state index contributed by atoms with van der Waals surface area (Å²) in [5, 5.41) is 5.06. The van der Waals surface area contributed by atoms with Crippen LogP contribution < -0.4 is 10.6 Å². The number of likely N-dealkylation sites (N-methyl/N-ethyl adjacent to an activating group) is 1. The Balaban J connectivity index is 2.80. The minimum absolute atomic E-state index is 0.240. The molecule has 0 saturated heterocycles. The Labute approximate surface area is 114 Å². The number of nitrogens with one attached hydrogen (secondary N) is 2. The molecule has 1 atom stereocenters. The van der Waals surface area contributed by atoms with Crippen molar-refractivity contribution in [3.63, 3.8) is 0 Å². The molecule has 17 heavy (non-hydrogen) atoms. The highest BCUT2D eigenvalue weighted by Gasteiger charge is 2.16. The molecule has 92 valence electrons. The van der Waals surface area contributed by atoms with Crippen molar-refractivity contribution in [3.8, 4) is 0 Å². The van der Waals surface area contributed by atoms with E-state index in [1.54, 1.807) is 25.1 Å². The Bertz CT molecular complexity index is 451. The van der Waals surface area contributed by atoms with Gasteiger partial charge in [-0.25, -0.2) is 0 Å². The van der Waals surface area contributed by atoms with E-state index in [0.717, 1.165) is 4.47 Å². The zero-order chi connectivity index (χ0) is 13.0. The second kappa shape index (κ2) is 6.07. The molecule has 6 heteroatoms. The number of hydrogen-bond donors (Lipinski definition) is 3. The highest BCUT2D eigenvalue weighted by Crippen LogP contribution is 2.19. The van der Waals surface area contributed by atoms with Crippen LogP contribution in [-0.4, -0.2) is 24.9 Å². The number of benzene rings is 1. The molecule has 2 N–H and O–H groups in total. The zero-order valence-corrected chi connectivity index (χ0v) is 11.9. The summed E-state index contributed by atoms with van der Waals surface area (Å²) < 4.78 is 0.846. The van der Waals surface area contributed by atoms with Gasteiger partial charge >= 0.3 is 0 Å². The normalized spacial score (nSPS) is 11.8. The topological polar surface area (TPSA) is 58.2 Å². The van der Waals surface area contributed by atoms with E-state index in [4.69, 9.17) is 0 Å². The predicted molar refractivity (Wildman–Crippen MR) is 72.4 cm³/mol. The van der Waals surface area contributed by atoms with Gasteiger partial charge in [0.1, 0.15) is 6.04 Å². The fourth-order valence-electron chi connectivity index (χ4n) is 1.25. The molecule has 1 unspecified atom stereocenters. The summed E-state index contributed by atoms with van der Waals surface area (Å²) in [5.74, 6) is -0.560. The Hall–Kier alpha value is -1.01. The van der Waals surface area contributed by atoms with Gasteiger partial charge in [-0.2, -0.15) is 0 Å². The molecule has 0 spiro atoms. The Morgan fingerprint density at radius 1 is 1.41 bits per heavy atom. The van der Waals surface area contributed by atoms with E-state index in [1.165, 1.54) is 7.05 Å². The van der Waals surface area contributed by atoms with Crippen molar-refractivity contribution in [2.75, 3.05) is 7.05 Å². The Kier molecular flexibility index (Phi) is 5.02. The van der Waals surface area contributed by atoms with Crippen LogP contribution in [0.5, 0.6) is 0 Å². The lowest BCUT2D eigenvalue weighted by molar-refractivity contribution is -0.122. The number of halogens is 1. The monoisotopic (exact) mass is 316 g/mol. The maximum atomic E-state index is 11.9. The molecule has 4 nitrogen and oxygen atoms in total. The van der Waals surface area contributed by atoms with Gasteiger partial charge in [0.2, 0.25) is 5.91 Å². The van der Waals surface area contributed by atoms with Crippen molar-refractivity contribution in [1.82, 2.24) is 10.6 Å². The van der Waals surface area contributed by atoms with Crippen molar-refractivity contribution in [3.05, 3.63) is 28.2 Å². The van der Waals surface area contributed by atoms with Gasteiger partial charge in [-0.05, 0) is 25.1 Å². The van der Waals surface area contributed by atoms with Gasteiger partial charge in [0, 0.05) is 16.4 Å². The molecule has 1 aromatic carbocycles. The van der Waals surface area contributed by atoms with Crippen LogP contribution in [-0.2, 0) is 4.79 Å². The Morgan fingerprint density at radius 3 is 2.59 bits per heavy atom. The maximum absolute atomic E-state index is 11.9. The molecule has 0 aromatic heterocycles. The van der Waals surface area contributed by atoms with Crippen LogP contribution in [0.4, 0.5) is 0 Å². The quantitative estimate of drug-likeness (QED) is 0.742. The van der Waals surface area contributed by atoms with Gasteiger partial charge in [-0.1, -0.05) is 15.9 Å². The minimum Gasteiger partial charge on any atom is -0.357 e. The second-order valence-corrected chi connectivity index (χ2v) is 4.87. The van der Waals surface area contributed by atoms with Crippen LogP contribution in [0.25, 0.3) is 0 Å². The van der Waals surface area contributed by atoms with Crippen molar-refractivity contribution >= 4 is 40.4 Å². The number of carbonyl (C=O) groups excluding carboxylic acids is 2. The van der Waals surface area contributed by atoms with Gasteiger partial charge in [0.05, 0.1) is 5.56 Å². The highest BCUT2D eigenvalue weighted by molar-refractivity contribution is 9.10. The third-order valence-corrected chi connectivity index (χ3v) is 3.05. The first-order valence-electron chi connectivity index (χ1n) is 4.96. The number of amides is 2. The van der Waals surface area contributed by atoms with E-state index >= 15 is 0 Å². The van der Waals surface area contributed by atoms with Crippen molar-refractivity contribution < 1.29 is 9.59 Å². The SMILES string of the molecule is CNC(=O)C(C)NC(=O)c1ccc(Br)cc1S. The van der Waals surface area contributed by atoms with E-state index in [2.05, 4.69) is 39.2 Å². The lowest BCUT2D eigenvalue weighted by Gasteiger charge is -2.13. The number of thiol groups is 1. The van der Waals surface area contributed by atoms with Gasteiger partial charge < -0.3 is 10.6 Å². The van der Waals surface area contributed by atoms with Gasteiger partial charge in [0.15, 0.2) is 0 Å². The molecule has 0 radical (unpaired) electrons. The van der Waals surface area contributed by atoms with E-state index in [9.17, 15) is 9.59 Å². The number of rotatable bonds is 3. The predicted octanol–water partition coefficient (Wildman–Crippen LogP) is 1.60. The lowest BCUT2D eigenvalue weighted by Crippen LogP contribution is -2.43. The first kappa shape index (κ1) is 14.1.